The molecule has 8 atom stereocenters. The molecule has 6 nitrogen and oxygen atoms in total. The van der Waals surface area contributed by atoms with Crippen molar-refractivity contribution in [2.75, 3.05) is 13.2 Å². The number of rotatable bonds is 11. The molecule has 0 N–H and O–H groups in total. The smallest absolute Gasteiger partial charge is 0.305 e. The Morgan fingerprint density at radius 2 is 0.942 bits per heavy atom. The third-order valence-corrected chi connectivity index (χ3v) is 13.1. The first-order valence-corrected chi connectivity index (χ1v) is 19.6. The maximum Gasteiger partial charge on any atom is 0.305 e. The van der Waals surface area contributed by atoms with Gasteiger partial charge in [0.25, 0.3) is 0 Å². The van der Waals surface area contributed by atoms with Gasteiger partial charge in [-0.15, -0.1) is 0 Å². The van der Waals surface area contributed by atoms with Crippen molar-refractivity contribution >= 4 is 11.9 Å². The molecule has 6 aliphatic rings. The van der Waals surface area contributed by atoms with Crippen LogP contribution in [0.1, 0.15) is 96.6 Å². The second-order valence-electron chi connectivity index (χ2n) is 16.1. The average Bonchev–Trinajstić information content (AvgIpc) is 4.05. The Morgan fingerprint density at radius 3 is 1.42 bits per heavy atom. The maximum absolute atomic E-state index is 12.9. The minimum absolute atomic E-state index is 0.182. The summed E-state index contributed by atoms with van der Waals surface area (Å²) in [6, 6.07) is 30.8. The highest BCUT2D eigenvalue weighted by Gasteiger charge is 2.50. The summed E-state index contributed by atoms with van der Waals surface area (Å²) in [5, 5.41) is 0. The second kappa shape index (κ2) is 13.3. The van der Waals surface area contributed by atoms with Crippen molar-refractivity contribution in [2.24, 2.45) is 11.8 Å². The van der Waals surface area contributed by atoms with E-state index in [2.05, 4.69) is 84.9 Å². The number of epoxide rings is 2. The molecule has 0 bridgehead atoms. The number of ether oxygens (including phenoxy) is 4. The Balaban J connectivity index is 0.704. The van der Waals surface area contributed by atoms with Crippen LogP contribution in [-0.2, 0) is 41.4 Å². The standard InChI is InChI=1S/C46H46O6/c47-45(49-25-29-21-41-43(51-41)23-37(29)35-15-7-13-33-31-11-3-1-9-27(31)19-39(33)35)17-5-6-18-46(48)50-26-30-22-42-44(52-42)24-38(30)36-16-8-14-34-32-12-4-2-10-28(32)20-40(34)36/h1-4,7-16,29-30,37-38,41-44H,5-6,17-26H2. The lowest BCUT2D eigenvalue weighted by molar-refractivity contribution is -0.147. The van der Waals surface area contributed by atoms with E-state index in [4.69, 9.17) is 18.9 Å². The third-order valence-electron chi connectivity index (χ3n) is 13.1. The van der Waals surface area contributed by atoms with Crippen LogP contribution in [0.15, 0.2) is 84.9 Å². The molecule has 4 aromatic carbocycles. The van der Waals surface area contributed by atoms with Crippen LogP contribution >= 0.6 is 0 Å². The number of hydrogen-bond donors (Lipinski definition) is 0. The van der Waals surface area contributed by atoms with E-state index in [1.807, 2.05) is 0 Å². The number of fused-ring (bicyclic) bond motifs is 8. The van der Waals surface area contributed by atoms with E-state index in [-0.39, 0.29) is 23.8 Å². The van der Waals surface area contributed by atoms with Gasteiger partial charge in [0.05, 0.1) is 37.6 Å². The van der Waals surface area contributed by atoms with Gasteiger partial charge in [-0.1, -0.05) is 84.9 Å². The summed E-state index contributed by atoms with van der Waals surface area (Å²) in [4.78, 5) is 25.8. The van der Waals surface area contributed by atoms with Crippen LogP contribution in [0.3, 0.4) is 0 Å². The molecule has 266 valence electrons. The van der Waals surface area contributed by atoms with Crippen molar-refractivity contribution in [1.82, 2.24) is 0 Å². The molecule has 2 heterocycles. The van der Waals surface area contributed by atoms with Gasteiger partial charge in [-0.3, -0.25) is 9.59 Å². The van der Waals surface area contributed by atoms with Gasteiger partial charge in [0.2, 0.25) is 0 Å². The number of esters is 2. The summed E-state index contributed by atoms with van der Waals surface area (Å²) in [6.07, 6.45) is 8.87. The van der Waals surface area contributed by atoms with Crippen molar-refractivity contribution in [3.05, 3.63) is 118 Å². The van der Waals surface area contributed by atoms with Gasteiger partial charge in [-0.25, -0.2) is 0 Å². The lowest BCUT2D eigenvalue weighted by Gasteiger charge is -2.31. The summed E-state index contributed by atoms with van der Waals surface area (Å²) in [5.41, 5.74) is 13.8. The number of benzene rings is 4. The Kier molecular flexibility index (Phi) is 8.29. The monoisotopic (exact) mass is 694 g/mol. The fraction of sp³-hybridized carbons (Fsp3) is 0.435. The molecule has 0 radical (unpaired) electrons. The minimum atomic E-state index is -0.182. The van der Waals surface area contributed by atoms with Crippen molar-refractivity contribution in [3.63, 3.8) is 0 Å². The molecule has 8 unspecified atom stereocenters. The summed E-state index contributed by atoms with van der Waals surface area (Å²) in [7, 11) is 0. The van der Waals surface area contributed by atoms with Crippen LogP contribution in [-0.4, -0.2) is 49.6 Å². The van der Waals surface area contributed by atoms with Crippen molar-refractivity contribution in [2.45, 2.75) is 100 Å². The lowest BCUT2D eigenvalue weighted by Crippen LogP contribution is -2.28. The van der Waals surface area contributed by atoms with Crippen LogP contribution in [0, 0.1) is 11.8 Å². The first kappa shape index (κ1) is 32.4. The van der Waals surface area contributed by atoms with E-state index in [1.54, 1.807) is 0 Å². The molecule has 4 fully saturated rings. The lowest BCUT2D eigenvalue weighted by atomic mass is 9.74. The summed E-state index contributed by atoms with van der Waals surface area (Å²) in [6.45, 7) is 0.832. The van der Waals surface area contributed by atoms with E-state index in [1.165, 1.54) is 55.6 Å². The fourth-order valence-electron chi connectivity index (χ4n) is 10.3. The maximum atomic E-state index is 12.9. The Hall–Kier alpha value is -4.26. The quantitative estimate of drug-likeness (QED) is 0.0768. The topological polar surface area (TPSA) is 77.7 Å². The normalized spacial score (nSPS) is 28.4. The van der Waals surface area contributed by atoms with Crippen LogP contribution in [0.4, 0.5) is 0 Å². The molecule has 6 heteroatoms. The highest BCUT2D eigenvalue weighted by molar-refractivity contribution is 5.79. The van der Waals surface area contributed by atoms with Crippen LogP contribution in [0.25, 0.3) is 22.3 Å². The zero-order chi connectivity index (χ0) is 34.8. The molecule has 2 saturated heterocycles. The van der Waals surface area contributed by atoms with Crippen molar-refractivity contribution in [3.8, 4) is 22.3 Å². The zero-order valence-corrected chi connectivity index (χ0v) is 29.6. The highest BCUT2D eigenvalue weighted by Crippen LogP contribution is 2.52. The van der Waals surface area contributed by atoms with Crippen LogP contribution in [0.2, 0.25) is 0 Å². The molecule has 0 spiro atoms. The van der Waals surface area contributed by atoms with E-state index in [0.717, 1.165) is 38.5 Å². The van der Waals surface area contributed by atoms with E-state index in [0.29, 0.717) is 75.1 Å². The molecule has 2 saturated carbocycles. The first-order valence-electron chi connectivity index (χ1n) is 19.6. The van der Waals surface area contributed by atoms with Gasteiger partial charge < -0.3 is 18.9 Å². The van der Waals surface area contributed by atoms with Crippen LogP contribution in [0.5, 0.6) is 0 Å². The summed E-state index contributed by atoms with van der Waals surface area (Å²) >= 11 is 0. The van der Waals surface area contributed by atoms with Gasteiger partial charge in [-0.05, 0) is 119 Å². The predicted molar refractivity (Wildman–Crippen MR) is 198 cm³/mol. The second-order valence-corrected chi connectivity index (χ2v) is 16.1. The van der Waals surface area contributed by atoms with E-state index < -0.39 is 0 Å². The number of unbranched alkanes of at least 4 members (excludes halogenated alkanes) is 1. The number of carbonyl (C=O) groups is 2. The van der Waals surface area contributed by atoms with Gasteiger partial charge >= 0.3 is 11.9 Å². The molecular formula is C46H46O6. The van der Waals surface area contributed by atoms with Gasteiger partial charge in [0.1, 0.15) is 0 Å². The van der Waals surface area contributed by atoms with E-state index in [9.17, 15) is 9.59 Å². The van der Waals surface area contributed by atoms with Crippen molar-refractivity contribution < 1.29 is 28.5 Å². The van der Waals surface area contributed by atoms with Crippen molar-refractivity contribution in [1.29, 1.82) is 0 Å². The molecular weight excluding hydrogens is 649 g/mol. The summed E-state index contributed by atoms with van der Waals surface area (Å²) in [5.74, 6) is 0.748. The molecule has 2 aliphatic heterocycles. The Morgan fingerprint density at radius 1 is 0.519 bits per heavy atom. The van der Waals surface area contributed by atoms with E-state index >= 15 is 0 Å². The Bertz CT molecular complexity index is 1890. The SMILES string of the molecule is O=C(CCCCC(=O)OCC1CC2OC2CC1c1cccc2c1Cc1ccccc1-2)OCC1CC2OC2CC1c1cccc2c1Cc1ccccc1-2. The Labute approximate surface area is 305 Å². The number of carbonyl (C=O) groups excluding carboxylic acids is 2. The fourth-order valence-corrected chi connectivity index (χ4v) is 10.3. The zero-order valence-electron chi connectivity index (χ0n) is 29.6. The predicted octanol–water partition coefficient (Wildman–Crippen LogP) is 8.70. The third kappa shape index (κ3) is 6.08. The van der Waals surface area contributed by atoms with Gasteiger partial charge in [0, 0.05) is 24.7 Å². The first-order chi connectivity index (χ1) is 25.6. The highest BCUT2D eigenvalue weighted by atomic mass is 16.6. The number of hydrogen-bond acceptors (Lipinski definition) is 6. The molecule has 0 amide bonds. The summed E-state index contributed by atoms with van der Waals surface area (Å²) < 4.78 is 23.8. The molecule has 10 rings (SSSR count). The molecule has 52 heavy (non-hydrogen) atoms. The molecule has 0 aromatic heterocycles. The van der Waals surface area contributed by atoms with Gasteiger partial charge in [-0.2, -0.15) is 0 Å². The molecule has 4 aromatic rings. The average molecular weight is 695 g/mol. The molecule has 4 aliphatic carbocycles. The largest absolute Gasteiger partial charge is 0.465 e. The van der Waals surface area contributed by atoms with Gasteiger partial charge in [0.15, 0.2) is 0 Å². The van der Waals surface area contributed by atoms with Crippen LogP contribution < -0.4 is 0 Å². The minimum Gasteiger partial charge on any atom is -0.465 e.